The van der Waals surface area contributed by atoms with Crippen LogP contribution < -0.4 is 15.8 Å². The van der Waals surface area contributed by atoms with E-state index in [1.807, 2.05) is 0 Å². The van der Waals surface area contributed by atoms with Crippen molar-refractivity contribution in [2.45, 2.75) is 30.2 Å². The number of sulfonamides is 1. The molecule has 1 aliphatic rings. The number of benzene rings is 1. The van der Waals surface area contributed by atoms with Gasteiger partial charge in [-0.05, 0) is 43.7 Å². The number of nitrogens with one attached hydrogen (secondary N) is 2. The van der Waals surface area contributed by atoms with Crippen molar-refractivity contribution in [3.8, 4) is 0 Å². The minimum absolute atomic E-state index is 0.142. The predicted octanol–water partition coefficient (Wildman–Crippen LogP) is 0.888. The second kappa shape index (κ2) is 5.69. The molecule has 1 saturated heterocycles. The van der Waals surface area contributed by atoms with Crippen LogP contribution in [-0.2, 0) is 10.0 Å². The first-order valence-corrected chi connectivity index (χ1v) is 7.70. The lowest BCUT2D eigenvalue weighted by molar-refractivity contribution is 0.414. The van der Waals surface area contributed by atoms with Crippen LogP contribution in [0, 0.1) is 0 Å². The van der Waals surface area contributed by atoms with Crippen molar-refractivity contribution in [1.29, 1.82) is 0 Å². The first kappa shape index (κ1) is 13.3. The van der Waals surface area contributed by atoms with Gasteiger partial charge in [-0.25, -0.2) is 13.6 Å². The molecule has 6 heteroatoms. The highest BCUT2D eigenvalue weighted by molar-refractivity contribution is 7.89. The molecular weight excluding hydrogens is 250 g/mol. The summed E-state index contributed by atoms with van der Waals surface area (Å²) in [5.41, 5.74) is 0.912. The van der Waals surface area contributed by atoms with Gasteiger partial charge in [0.2, 0.25) is 10.0 Å². The van der Waals surface area contributed by atoms with Gasteiger partial charge in [-0.3, -0.25) is 0 Å². The fourth-order valence-corrected chi connectivity index (χ4v) is 2.62. The Hall–Kier alpha value is -1.11. The summed E-state index contributed by atoms with van der Waals surface area (Å²) in [6.07, 6.45) is 3.70. The molecular formula is C12H19N3O2S. The summed E-state index contributed by atoms with van der Waals surface area (Å²) in [7, 11) is -3.60. The van der Waals surface area contributed by atoms with Crippen LogP contribution in [0.3, 0.4) is 0 Å². The molecule has 0 bridgehead atoms. The van der Waals surface area contributed by atoms with E-state index in [9.17, 15) is 8.42 Å². The maximum Gasteiger partial charge on any atom is 0.238 e. The lowest BCUT2D eigenvalue weighted by atomic mass is 10.1. The number of anilines is 1. The van der Waals surface area contributed by atoms with Gasteiger partial charge >= 0.3 is 0 Å². The highest BCUT2D eigenvalue weighted by Crippen LogP contribution is 2.14. The molecule has 0 aliphatic carbocycles. The van der Waals surface area contributed by atoms with E-state index >= 15 is 0 Å². The van der Waals surface area contributed by atoms with E-state index in [0.717, 1.165) is 18.8 Å². The Labute approximate surface area is 108 Å². The van der Waals surface area contributed by atoms with Crippen molar-refractivity contribution in [2.24, 2.45) is 5.14 Å². The number of hydrogen-bond donors (Lipinski definition) is 3. The van der Waals surface area contributed by atoms with E-state index in [1.165, 1.54) is 31.4 Å². The predicted molar refractivity (Wildman–Crippen MR) is 71.9 cm³/mol. The lowest BCUT2D eigenvalue weighted by Gasteiger charge is -2.24. The largest absolute Gasteiger partial charge is 0.383 e. The molecule has 0 saturated carbocycles. The standard InChI is InChI=1S/C12H19N3O2S/c13-18(16,17)12-6-4-10(5-7-12)15-9-11-3-1-2-8-14-11/h4-7,11,14-15H,1-3,8-9H2,(H2,13,16,17). The van der Waals surface area contributed by atoms with E-state index in [-0.39, 0.29) is 4.90 Å². The Morgan fingerprint density at radius 3 is 2.56 bits per heavy atom. The summed E-state index contributed by atoms with van der Waals surface area (Å²) < 4.78 is 22.2. The molecule has 1 unspecified atom stereocenters. The third-order valence-corrected chi connectivity index (χ3v) is 4.08. The van der Waals surface area contributed by atoms with Crippen LogP contribution in [-0.4, -0.2) is 27.5 Å². The van der Waals surface area contributed by atoms with Crippen LogP contribution in [0.25, 0.3) is 0 Å². The Morgan fingerprint density at radius 1 is 1.28 bits per heavy atom. The summed E-state index contributed by atoms with van der Waals surface area (Å²) in [6.45, 7) is 1.94. The van der Waals surface area contributed by atoms with Gasteiger partial charge in [-0.1, -0.05) is 6.42 Å². The van der Waals surface area contributed by atoms with Crippen molar-refractivity contribution in [3.63, 3.8) is 0 Å². The SMILES string of the molecule is NS(=O)(=O)c1ccc(NCC2CCCCN2)cc1. The van der Waals surface area contributed by atoms with Gasteiger partial charge in [0.05, 0.1) is 4.90 Å². The minimum atomic E-state index is -3.60. The first-order chi connectivity index (χ1) is 8.55. The summed E-state index contributed by atoms with van der Waals surface area (Å²) in [4.78, 5) is 0.142. The average molecular weight is 269 g/mol. The molecule has 1 heterocycles. The second-order valence-electron chi connectivity index (χ2n) is 4.60. The third-order valence-electron chi connectivity index (χ3n) is 3.15. The monoisotopic (exact) mass is 269 g/mol. The molecule has 2 rings (SSSR count). The Balaban J connectivity index is 1.90. The summed E-state index contributed by atoms with van der Waals surface area (Å²) in [5.74, 6) is 0. The highest BCUT2D eigenvalue weighted by atomic mass is 32.2. The fraction of sp³-hybridized carbons (Fsp3) is 0.500. The number of nitrogens with two attached hydrogens (primary N) is 1. The number of hydrogen-bond acceptors (Lipinski definition) is 4. The Bertz CT molecular complexity index is 479. The lowest BCUT2D eigenvalue weighted by Crippen LogP contribution is -2.39. The Kier molecular flexibility index (Phi) is 4.21. The van der Waals surface area contributed by atoms with E-state index in [2.05, 4.69) is 10.6 Å². The maximum absolute atomic E-state index is 11.1. The molecule has 4 N–H and O–H groups in total. The molecule has 1 aromatic rings. The average Bonchev–Trinajstić information content (AvgIpc) is 2.37. The zero-order chi connectivity index (χ0) is 13.0. The van der Waals surface area contributed by atoms with Crippen LogP contribution in [0.2, 0.25) is 0 Å². The topological polar surface area (TPSA) is 84.2 Å². The fourth-order valence-electron chi connectivity index (χ4n) is 2.10. The molecule has 1 aromatic carbocycles. The van der Waals surface area contributed by atoms with Crippen LogP contribution in [0.1, 0.15) is 19.3 Å². The molecule has 1 aliphatic heterocycles. The zero-order valence-electron chi connectivity index (χ0n) is 10.2. The van der Waals surface area contributed by atoms with Crippen molar-refractivity contribution in [1.82, 2.24) is 5.32 Å². The van der Waals surface area contributed by atoms with Crippen LogP contribution in [0.5, 0.6) is 0 Å². The molecule has 100 valence electrons. The van der Waals surface area contributed by atoms with Crippen molar-refractivity contribution >= 4 is 15.7 Å². The third kappa shape index (κ3) is 3.69. The van der Waals surface area contributed by atoms with Gasteiger partial charge in [0, 0.05) is 18.3 Å². The minimum Gasteiger partial charge on any atom is -0.383 e. The molecule has 1 fully saturated rings. The van der Waals surface area contributed by atoms with Gasteiger partial charge < -0.3 is 10.6 Å². The van der Waals surface area contributed by atoms with Gasteiger partial charge in [0.15, 0.2) is 0 Å². The van der Waals surface area contributed by atoms with Gasteiger partial charge in [0.1, 0.15) is 0 Å². The number of rotatable bonds is 4. The van der Waals surface area contributed by atoms with Crippen LogP contribution in [0.15, 0.2) is 29.2 Å². The van der Waals surface area contributed by atoms with E-state index in [1.54, 1.807) is 12.1 Å². The van der Waals surface area contributed by atoms with Crippen LogP contribution >= 0.6 is 0 Å². The quantitative estimate of drug-likeness (QED) is 0.758. The van der Waals surface area contributed by atoms with Gasteiger partial charge in [-0.15, -0.1) is 0 Å². The molecule has 0 aromatic heterocycles. The Morgan fingerprint density at radius 2 is 2.00 bits per heavy atom. The molecule has 5 nitrogen and oxygen atoms in total. The van der Waals surface area contributed by atoms with Gasteiger partial charge in [0.25, 0.3) is 0 Å². The summed E-state index contributed by atoms with van der Waals surface area (Å²) >= 11 is 0. The number of piperidine rings is 1. The molecule has 18 heavy (non-hydrogen) atoms. The second-order valence-corrected chi connectivity index (χ2v) is 6.16. The normalized spacial score (nSPS) is 20.6. The highest BCUT2D eigenvalue weighted by Gasteiger charge is 2.12. The van der Waals surface area contributed by atoms with E-state index in [4.69, 9.17) is 5.14 Å². The summed E-state index contributed by atoms with van der Waals surface area (Å²) in [6, 6.07) is 7.01. The zero-order valence-corrected chi connectivity index (χ0v) is 11.0. The van der Waals surface area contributed by atoms with Crippen molar-refractivity contribution in [3.05, 3.63) is 24.3 Å². The van der Waals surface area contributed by atoms with Gasteiger partial charge in [-0.2, -0.15) is 0 Å². The molecule has 0 spiro atoms. The molecule has 0 amide bonds. The van der Waals surface area contributed by atoms with Crippen molar-refractivity contribution in [2.75, 3.05) is 18.4 Å². The molecule has 1 atom stereocenters. The van der Waals surface area contributed by atoms with E-state index in [0.29, 0.717) is 6.04 Å². The smallest absolute Gasteiger partial charge is 0.238 e. The summed E-state index contributed by atoms with van der Waals surface area (Å²) in [5, 5.41) is 11.8. The van der Waals surface area contributed by atoms with Crippen molar-refractivity contribution < 1.29 is 8.42 Å². The number of primary sulfonamides is 1. The van der Waals surface area contributed by atoms with E-state index < -0.39 is 10.0 Å². The van der Waals surface area contributed by atoms with Crippen LogP contribution in [0.4, 0.5) is 5.69 Å². The molecule has 0 radical (unpaired) electrons. The maximum atomic E-state index is 11.1. The first-order valence-electron chi connectivity index (χ1n) is 6.16.